The zero-order valence-electron chi connectivity index (χ0n) is 57.2. The van der Waals surface area contributed by atoms with Gasteiger partial charge in [0.25, 0.3) is 0 Å². The molecule has 4 aromatic carbocycles. The number of phenols is 1. The number of aromatic hydroxyl groups is 1. The van der Waals surface area contributed by atoms with Crippen LogP contribution in [-0.2, 0) is 94.7 Å². The second kappa shape index (κ2) is 38.6. The number of carboxylic acids is 2. The molecule has 7 aromatic rings. The number of amides is 10. The normalized spacial score (nSPS) is 20.6. The first kappa shape index (κ1) is 82.2. The number of halogens is 5. The third-order valence-corrected chi connectivity index (χ3v) is 18.6. The second-order valence-electron chi connectivity index (χ2n) is 25.2. The number of primary amides is 1. The molecule has 568 valence electrons. The van der Waals surface area contributed by atoms with E-state index in [0.717, 1.165) is 17.2 Å². The minimum atomic E-state index is -5.19. The van der Waals surface area contributed by atoms with Crippen LogP contribution in [0.4, 0.5) is 22.0 Å². The summed E-state index contributed by atoms with van der Waals surface area (Å²) in [6, 6.07) is 9.70. The third kappa shape index (κ3) is 25.4. The summed E-state index contributed by atoms with van der Waals surface area (Å²) in [5, 5.41) is 53.1. The van der Waals surface area contributed by atoms with Crippen LogP contribution >= 0.6 is 23.5 Å². The summed E-state index contributed by atoms with van der Waals surface area (Å²) >= 11 is 2.76. The second-order valence-corrected chi connectivity index (χ2v) is 27.3. The lowest BCUT2D eigenvalue weighted by molar-refractivity contribution is -0.368. The number of aliphatic carboxylic acids is 2. The molecule has 1 aliphatic rings. The number of fused-ring (bicyclic) bond motifs is 4. The van der Waals surface area contributed by atoms with E-state index >= 15 is 9.59 Å². The molecule has 7 atom stereocenters. The van der Waals surface area contributed by atoms with Crippen molar-refractivity contribution in [2.24, 2.45) is 5.73 Å². The molecule has 0 fully saturated rings. The van der Waals surface area contributed by atoms with Crippen molar-refractivity contribution in [3.05, 3.63) is 155 Å². The fraction of sp³-hybridized carbons (Fsp3) is 0.377. The van der Waals surface area contributed by atoms with Crippen molar-refractivity contribution in [1.82, 2.24) is 67.8 Å². The largest absolute Gasteiger partial charge is 0.542 e. The Morgan fingerprint density at radius 3 is 1.71 bits per heavy atom. The molecule has 0 saturated carbocycles. The smallest absolute Gasteiger partial charge is 0.430 e. The molecule has 19 N–H and O–H groups in total. The fourth-order valence-electron chi connectivity index (χ4n) is 10.9. The molecule has 1 aliphatic heterocycles. The Kier molecular flexibility index (Phi) is 29.9. The van der Waals surface area contributed by atoms with Gasteiger partial charge in [-0.25, -0.2) is 13.8 Å². The predicted molar refractivity (Wildman–Crippen MR) is 374 cm³/mol. The van der Waals surface area contributed by atoms with E-state index in [2.05, 4.69) is 73.5 Å². The van der Waals surface area contributed by atoms with Gasteiger partial charge in [0, 0.05) is 101 Å². The van der Waals surface area contributed by atoms with Crippen LogP contribution in [0.3, 0.4) is 0 Å². The van der Waals surface area contributed by atoms with E-state index in [1.165, 1.54) is 117 Å². The standard InChI is InChI=1S/C67H79F2N15O13S2.C2HF3O2/c1-67(2)66(97)83-55(59(71)90)34-99-33-38-7-5-6-37(20-38)32-98-19-17-56(86)77-49(8-3-4-18-70)60(91)75-31-57(87)78-51(22-39-28-73-47-15-11-41(68)24-45(39)47)61(92)80-52(23-40-29-74-48-16-12-42(69)25-46(40)48)62(93)82-54(27-58(88)89)64(95)81-53(26-43-30-72-35-76-43)63(94)79-50(65(96)84-67)21-36-9-13-44(85)14-10-36;3-2(4,5)1(6)7/h5-7,9-16,20,24-25,28-30,35,49-55,73-74,85H,3-4,8,17-19,21-23,26-27,31-34,70H2,1-2H3,(H2,71,90)(H,72,76)(H,75,91)(H,77,86)(H,78,87)(H,79,94)(H,80,92)(H,81,95)(H,82,93)(H,83,97)(H,84,96)(H,88,89);(H,6,7)/t49-,50-,51-,52-,53-,54-,55-;/m0./s1. The minimum Gasteiger partial charge on any atom is -0.542 e. The lowest BCUT2D eigenvalue weighted by Gasteiger charge is -2.30. The summed E-state index contributed by atoms with van der Waals surface area (Å²) in [6.07, 6.45) is -1.08. The SMILES string of the molecule is CC1(C)NC(=O)[C@H](Cc2ccc(O)cc2)NC(=O)[C@H](Cc2cnc[nH]2)NC(=O)[C@H](CC(=O)O)NC(=O)[C@H](Cc2c[nH]c3ccc(F)cc23)NC(=O)[C@H](Cc2c[nH]c3ccc(F)cc23)NC(=O)CNC(=O)[C@H](CCCC[NH3+])NC(=O)CCSCc2cccc(c2)CSC[C@@H](C(N)=O)NC1=O.O=C([O-])C(F)(F)F. The number of quaternary nitrogens is 1. The molecule has 0 radical (unpaired) electrons. The van der Waals surface area contributed by atoms with E-state index in [9.17, 15) is 75.3 Å². The maximum absolute atomic E-state index is 15.0. The first-order valence-corrected chi connectivity index (χ1v) is 35.4. The van der Waals surface area contributed by atoms with Crippen LogP contribution in [0.25, 0.3) is 21.8 Å². The fourth-order valence-corrected chi connectivity index (χ4v) is 12.8. The molecule has 3 aromatic heterocycles. The molecule has 4 heterocycles. The van der Waals surface area contributed by atoms with Crippen LogP contribution in [-0.4, -0.2) is 180 Å². The maximum Gasteiger partial charge on any atom is 0.430 e. The molecule has 10 amide bonds. The Morgan fingerprint density at radius 1 is 0.642 bits per heavy atom. The van der Waals surface area contributed by atoms with Gasteiger partial charge in [-0.3, -0.25) is 52.7 Å². The van der Waals surface area contributed by atoms with Crippen LogP contribution in [0, 0.1) is 11.6 Å². The van der Waals surface area contributed by atoms with Gasteiger partial charge in [-0.05, 0) is 109 Å². The van der Waals surface area contributed by atoms with Gasteiger partial charge >= 0.3 is 12.1 Å². The van der Waals surface area contributed by atoms with Gasteiger partial charge in [0.05, 0.1) is 25.8 Å². The van der Waals surface area contributed by atoms with Crippen molar-refractivity contribution in [2.75, 3.05) is 24.6 Å². The van der Waals surface area contributed by atoms with Crippen LogP contribution in [0.1, 0.15) is 79.5 Å². The average Bonchev–Trinajstić information content (AvgIpc) is 1.75. The highest BCUT2D eigenvalue weighted by molar-refractivity contribution is 7.98. The van der Waals surface area contributed by atoms with E-state index in [0.29, 0.717) is 64.2 Å². The Labute approximate surface area is 610 Å². The first-order valence-electron chi connectivity index (χ1n) is 33.0. The van der Waals surface area contributed by atoms with Crippen molar-refractivity contribution < 1.29 is 101 Å². The molecule has 8 rings (SSSR count). The summed E-state index contributed by atoms with van der Waals surface area (Å²) in [6.45, 7) is 2.51. The van der Waals surface area contributed by atoms with Crippen molar-refractivity contribution >= 4 is 116 Å². The van der Waals surface area contributed by atoms with E-state index in [-0.39, 0.29) is 53.8 Å². The summed E-state index contributed by atoms with van der Waals surface area (Å²) in [4.78, 5) is 177. The highest BCUT2D eigenvalue weighted by Gasteiger charge is 2.39. The van der Waals surface area contributed by atoms with Crippen molar-refractivity contribution in [3.8, 4) is 5.75 Å². The van der Waals surface area contributed by atoms with Crippen molar-refractivity contribution in [3.63, 3.8) is 0 Å². The molecule has 0 aliphatic carbocycles. The highest BCUT2D eigenvalue weighted by atomic mass is 32.2. The number of rotatable bonds is 15. The molecular formula is C69H80F5N15O15S2. The zero-order valence-corrected chi connectivity index (χ0v) is 58.8. The van der Waals surface area contributed by atoms with E-state index < -0.39 is 162 Å². The third-order valence-electron chi connectivity index (χ3n) is 16.5. The number of unbranched alkanes of at least 4 members (excludes halogenated alkanes) is 1. The molecule has 2 bridgehead atoms. The van der Waals surface area contributed by atoms with Gasteiger partial charge < -0.3 is 94.4 Å². The van der Waals surface area contributed by atoms with Gasteiger partial charge in [-0.2, -0.15) is 36.7 Å². The van der Waals surface area contributed by atoms with Crippen LogP contribution in [0.15, 0.2) is 110 Å². The van der Waals surface area contributed by atoms with Crippen molar-refractivity contribution in [1.29, 1.82) is 0 Å². The Balaban J connectivity index is 0.00000213. The van der Waals surface area contributed by atoms with E-state index in [1.807, 2.05) is 24.3 Å². The summed E-state index contributed by atoms with van der Waals surface area (Å²) < 4.78 is 61.3. The molecule has 30 nitrogen and oxygen atoms in total. The van der Waals surface area contributed by atoms with Gasteiger partial charge in [0.2, 0.25) is 59.1 Å². The maximum atomic E-state index is 15.0. The number of phenolic OH excluding ortho intramolecular Hbond substituents is 1. The number of hydrogen-bond acceptors (Lipinski definition) is 17. The summed E-state index contributed by atoms with van der Waals surface area (Å²) in [5.74, 6) is -14.1. The highest BCUT2D eigenvalue weighted by Crippen LogP contribution is 2.25. The first-order chi connectivity index (χ1) is 50.2. The number of carboxylic acid groups (broad SMARTS) is 2. The lowest BCUT2D eigenvalue weighted by Crippen LogP contribution is -2.63. The van der Waals surface area contributed by atoms with Gasteiger partial charge in [-0.15, -0.1) is 0 Å². The molecule has 0 saturated heterocycles. The molecule has 0 spiro atoms. The number of nitrogens with two attached hydrogens (primary N) is 1. The lowest BCUT2D eigenvalue weighted by atomic mass is 9.99. The number of alkyl halides is 3. The Bertz CT molecular complexity index is 4290. The molecule has 106 heavy (non-hydrogen) atoms. The quantitative estimate of drug-likeness (QED) is 0.0484. The number of carbonyl (C=O) groups excluding carboxylic acids is 11. The Morgan fingerprint density at radius 2 is 1.17 bits per heavy atom. The van der Waals surface area contributed by atoms with Gasteiger partial charge in [0.15, 0.2) is 0 Å². The number of nitrogens with zero attached hydrogens (tertiary/aromatic N) is 1. The number of hydrogen-bond donors (Lipinski definition) is 16. The van der Waals surface area contributed by atoms with Crippen LogP contribution in [0.5, 0.6) is 5.75 Å². The number of aromatic amines is 3. The molecule has 0 unspecified atom stereocenters. The van der Waals surface area contributed by atoms with Crippen LogP contribution < -0.4 is 64.4 Å². The number of aromatic nitrogens is 4. The van der Waals surface area contributed by atoms with Gasteiger partial charge in [0.1, 0.15) is 71.2 Å². The monoisotopic (exact) mass is 1520 g/mol. The number of thioether (sulfide) groups is 2. The van der Waals surface area contributed by atoms with Gasteiger partial charge in [-0.1, -0.05) is 36.4 Å². The van der Waals surface area contributed by atoms with E-state index in [1.54, 1.807) is 0 Å². The predicted octanol–water partition coefficient (Wildman–Crippen LogP) is 0.272. The zero-order chi connectivity index (χ0) is 77.4. The summed E-state index contributed by atoms with van der Waals surface area (Å²) in [5.41, 5.74) is 11.7. The molecule has 37 heteroatoms. The van der Waals surface area contributed by atoms with Crippen molar-refractivity contribution in [2.45, 2.75) is 137 Å². The number of imidazole rings is 1. The topological polar surface area (TPSA) is 491 Å². The van der Waals surface area contributed by atoms with Crippen LogP contribution in [0.2, 0.25) is 0 Å². The number of nitrogens with one attached hydrogen (secondary N) is 12. The molecular weight excluding hydrogens is 1440 g/mol. The number of benzene rings is 4. The minimum absolute atomic E-state index is 0.0161. The Hall–Kier alpha value is -11.1. The number of carbonyl (C=O) groups is 12. The van der Waals surface area contributed by atoms with E-state index in [4.69, 9.17) is 15.6 Å². The summed E-state index contributed by atoms with van der Waals surface area (Å²) in [7, 11) is 0. The average molecular weight is 1520 g/mol. The number of H-pyrrole nitrogens is 3.